The summed E-state index contributed by atoms with van der Waals surface area (Å²) in [5.74, 6) is -0.531. The zero-order valence-electron chi connectivity index (χ0n) is 9.93. The van der Waals surface area contributed by atoms with Crippen LogP contribution in [-0.4, -0.2) is 5.91 Å². The number of carbonyl (C=O) groups is 1. The van der Waals surface area contributed by atoms with Crippen LogP contribution in [0.25, 0.3) is 0 Å². The Kier molecular flexibility index (Phi) is 5.98. The summed E-state index contributed by atoms with van der Waals surface area (Å²) in [5, 5.41) is 2.72. The van der Waals surface area contributed by atoms with E-state index in [1.807, 2.05) is 0 Å². The molecule has 2 nitrogen and oxygen atoms in total. The van der Waals surface area contributed by atoms with Gasteiger partial charge in [-0.1, -0.05) is 37.8 Å². The molecule has 17 heavy (non-hydrogen) atoms. The highest BCUT2D eigenvalue weighted by Gasteiger charge is 2.04. The quantitative estimate of drug-likeness (QED) is 0.753. The first-order valence-electron chi connectivity index (χ1n) is 5.88. The van der Waals surface area contributed by atoms with Gasteiger partial charge in [0.1, 0.15) is 5.82 Å². The van der Waals surface area contributed by atoms with Gasteiger partial charge in [0.15, 0.2) is 0 Å². The minimum Gasteiger partial charge on any atom is -0.326 e. The number of rotatable bonds is 6. The summed E-state index contributed by atoms with van der Waals surface area (Å²) in [6, 6.07) is 4.17. The fourth-order valence-corrected chi connectivity index (χ4v) is 1.69. The standard InChI is InChI=1S/C13H17ClFNO/c1-2-3-4-5-6-13(17)16-10-7-8-12(15)11(14)9-10/h7-9H,2-6H2,1H3,(H,16,17). The molecule has 0 bridgehead atoms. The average molecular weight is 258 g/mol. The molecule has 94 valence electrons. The van der Waals surface area contributed by atoms with E-state index in [1.54, 1.807) is 0 Å². The molecule has 0 aromatic heterocycles. The van der Waals surface area contributed by atoms with Crippen molar-refractivity contribution in [2.24, 2.45) is 0 Å². The Bertz CT molecular complexity index is 382. The molecular formula is C13H17ClFNO. The third-order valence-corrected chi connectivity index (χ3v) is 2.75. The molecule has 0 atom stereocenters. The Balaban J connectivity index is 2.37. The largest absolute Gasteiger partial charge is 0.326 e. The van der Waals surface area contributed by atoms with Crippen molar-refractivity contribution in [2.75, 3.05) is 5.32 Å². The first-order chi connectivity index (χ1) is 8.13. The van der Waals surface area contributed by atoms with E-state index in [1.165, 1.54) is 18.2 Å². The Morgan fingerprint density at radius 2 is 2.12 bits per heavy atom. The molecule has 0 radical (unpaired) electrons. The summed E-state index contributed by atoms with van der Waals surface area (Å²) in [7, 11) is 0. The summed E-state index contributed by atoms with van der Waals surface area (Å²) in [5.41, 5.74) is 0.539. The number of unbranched alkanes of at least 4 members (excludes halogenated alkanes) is 3. The topological polar surface area (TPSA) is 29.1 Å². The highest BCUT2D eigenvalue weighted by atomic mass is 35.5. The van der Waals surface area contributed by atoms with Crippen molar-refractivity contribution >= 4 is 23.2 Å². The normalized spacial score (nSPS) is 10.3. The van der Waals surface area contributed by atoms with Crippen LogP contribution in [-0.2, 0) is 4.79 Å². The molecule has 0 aliphatic rings. The maximum atomic E-state index is 12.9. The number of anilines is 1. The molecule has 1 N–H and O–H groups in total. The van der Waals surface area contributed by atoms with Gasteiger partial charge in [0, 0.05) is 12.1 Å². The minimum absolute atomic E-state index is 0.0220. The molecule has 4 heteroatoms. The minimum atomic E-state index is -0.479. The van der Waals surface area contributed by atoms with Crippen LogP contribution in [0.4, 0.5) is 10.1 Å². The molecule has 0 heterocycles. The average Bonchev–Trinajstić information content (AvgIpc) is 2.30. The van der Waals surface area contributed by atoms with Crippen LogP contribution in [0.2, 0.25) is 5.02 Å². The molecule has 1 aromatic carbocycles. The summed E-state index contributed by atoms with van der Waals surface area (Å²) in [6.07, 6.45) is 4.74. The molecule has 0 unspecified atom stereocenters. The third-order valence-electron chi connectivity index (χ3n) is 2.46. The number of carbonyl (C=O) groups excluding carboxylic acids is 1. The summed E-state index contributed by atoms with van der Waals surface area (Å²) < 4.78 is 12.9. The molecule has 1 aromatic rings. The van der Waals surface area contributed by atoms with Gasteiger partial charge < -0.3 is 5.32 Å². The lowest BCUT2D eigenvalue weighted by Crippen LogP contribution is -2.11. The van der Waals surface area contributed by atoms with E-state index in [4.69, 9.17) is 11.6 Å². The molecule has 0 aliphatic heterocycles. The fraction of sp³-hybridized carbons (Fsp3) is 0.462. The van der Waals surface area contributed by atoms with Gasteiger partial charge in [-0.2, -0.15) is 0 Å². The van der Waals surface area contributed by atoms with Gasteiger partial charge in [-0.25, -0.2) is 4.39 Å². The van der Waals surface area contributed by atoms with Gasteiger partial charge >= 0.3 is 0 Å². The van der Waals surface area contributed by atoms with Gasteiger partial charge in [0.25, 0.3) is 0 Å². The van der Waals surface area contributed by atoms with Crippen molar-refractivity contribution in [2.45, 2.75) is 39.0 Å². The first kappa shape index (κ1) is 14.0. The monoisotopic (exact) mass is 257 g/mol. The Morgan fingerprint density at radius 1 is 1.35 bits per heavy atom. The zero-order chi connectivity index (χ0) is 12.7. The van der Waals surface area contributed by atoms with E-state index in [-0.39, 0.29) is 10.9 Å². The van der Waals surface area contributed by atoms with Crippen LogP contribution in [0.3, 0.4) is 0 Å². The van der Waals surface area contributed by atoms with E-state index in [9.17, 15) is 9.18 Å². The van der Waals surface area contributed by atoms with Crippen LogP contribution in [0, 0.1) is 5.82 Å². The Labute approximate surface area is 106 Å². The second-order valence-electron chi connectivity index (χ2n) is 3.99. The van der Waals surface area contributed by atoms with Crippen LogP contribution in [0.15, 0.2) is 18.2 Å². The predicted molar refractivity (Wildman–Crippen MR) is 68.8 cm³/mol. The fourth-order valence-electron chi connectivity index (χ4n) is 1.51. The van der Waals surface area contributed by atoms with Crippen molar-refractivity contribution in [1.82, 2.24) is 0 Å². The summed E-state index contributed by atoms with van der Waals surface area (Å²) >= 11 is 5.62. The number of nitrogens with one attached hydrogen (secondary N) is 1. The van der Waals surface area contributed by atoms with E-state index in [0.29, 0.717) is 12.1 Å². The lowest BCUT2D eigenvalue weighted by molar-refractivity contribution is -0.116. The Morgan fingerprint density at radius 3 is 2.76 bits per heavy atom. The molecule has 1 rings (SSSR count). The number of amides is 1. The van der Waals surface area contributed by atoms with Gasteiger partial charge in [-0.3, -0.25) is 4.79 Å². The zero-order valence-corrected chi connectivity index (χ0v) is 10.7. The lowest BCUT2D eigenvalue weighted by Gasteiger charge is -2.05. The van der Waals surface area contributed by atoms with E-state index >= 15 is 0 Å². The van der Waals surface area contributed by atoms with Gasteiger partial charge in [0.2, 0.25) is 5.91 Å². The molecule has 0 fully saturated rings. The predicted octanol–water partition coefficient (Wildman–Crippen LogP) is 4.39. The van der Waals surface area contributed by atoms with Crippen LogP contribution < -0.4 is 5.32 Å². The summed E-state index contributed by atoms with van der Waals surface area (Å²) in [6.45, 7) is 2.13. The maximum Gasteiger partial charge on any atom is 0.224 e. The van der Waals surface area contributed by atoms with Crippen molar-refractivity contribution < 1.29 is 9.18 Å². The molecule has 0 saturated carbocycles. The smallest absolute Gasteiger partial charge is 0.224 e. The molecule has 1 amide bonds. The first-order valence-corrected chi connectivity index (χ1v) is 6.26. The van der Waals surface area contributed by atoms with Gasteiger partial charge in [-0.05, 0) is 24.6 Å². The molecule has 0 spiro atoms. The lowest BCUT2D eigenvalue weighted by atomic mass is 10.1. The van der Waals surface area contributed by atoms with Gasteiger partial charge in [-0.15, -0.1) is 0 Å². The van der Waals surface area contributed by atoms with Crippen molar-refractivity contribution in [3.8, 4) is 0 Å². The van der Waals surface area contributed by atoms with Crippen molar-refractivity contribution in [3.63, 3.8) is 0 Å². The molecule has 0 aliphatic carbocycles. The third kappa shape index (κ3) is 5.18. The van der Waals surface area contributed by atoms with E-state index in [2.05, 4.69) is 12.2 Å². The highest BCUT2D eigenvalue weighted by Crippen LogP contribution is 2.19. The summed E-state index contributed by atoms with van der Waals surface area (Å²) in [4.78, 5) is 11.5. The molecular weight excluding hydrogens is 241 g/mol. The van der Waals surface area contributed by atoms with E-state index < -0.39 is 5.82 Å². The number of hydrogen-bond acceptors (Lipinski definition) is 1. The van der Waals surface area contributed by atoms with Crippen LogP contribution >= 0.6 is 11.6 Å². The van der Waals surface area contributed by atoms with Crippen LogP contribution in [0.1, 0.15) is 39.0 Å². The second kappa shape index (κ2) is 7.28. The van der Waals surface area contributed by atoms with Crippen LogP contribution in [0.5, 0.6) is 0 Å². The van der Waals surface area contributed by atoms with Crippen molar-refractivity contribution in [3.05, 3.63) is 29.0 Å². The SMILES string of the molecule is CCCCCCC(=O)Nc1ccc(F)c(Cl)c1. The molecule has 0 saturated heterocycles. The number of halogens is 2. The second-order valence-corrected chi connectivity index (χ2v) is 4.39. The number of hydrogen-bond donors (Lipinski definition) is 1. The van der Waals surface area contributed by atoms with Gasteiger partial charge in [0.05, 0.1) is 5.02 Å². The van der Waals surface area contributed by atoms with Crippen molar-refractivity contribution in [1.29, 1.82) is 0 Å². The van der Waals surface area contributed by atoms with E-state index in [0.717, 1.165) is 25.7 Å². The maximum absolute atomic E-state index is 12.9. The Hall–Kier alpha value is -1.09. The number of benzene rings is 1. The highest BCUT2D eigenvalue weighted by molar-refractivity contribution is 6.31.